The normalized spacial score (nSPS) is 11.6. The van der Waals surface area contributed by atoms with Crippen LogP contribution in [0.1, 0.15) is 18.4 Å². The Morgan fingerprint density at radius 2 is 1.88 bits per heavy atom. The molecule has 0 aromatic heterocycles. The van der Waals surface area contributed by atoms with Crippen molar-refractivity contribution in [3.05, 3.63) is 35.9 Å². The molecule has 0 saturated heterocycles. The van der Waals surface area contributed by atoms with Gasteiger partial charge in [0.05, 0.1) is 0 Å². The molecule has 92 valence electrons. The number of carboxylic acid groups (broad SMARTS) is 1. The maximum Gasteiger partial charge on any atom is 0.323 e. The first-order valence-corrected chi connectivity index (χ1v) is 5.38. The van der Waals surface area contributed by atoms with Gasteiger partial charge in [-0.2, -0.15) is 0 Å². The van der Waals surface area contributed by atoms with Gasteiger partial charge in [0.15, 0.2) is 0 Å². The Bertz CT molecular complexity index is 379. The first-order chi connectivity index (χ1) is 8.09. The van der Waals surface area contributed by atoms with Crippen molar-refractivity contribution in [2.75, 3.05) is 13.1 Å². The molecule has 0 saturated carbocycles. The maximum absolute atomic E-state index is 11.2. The SMILES string of the molecule is CC(CNC(=O)NCC(=O)O)c1ccccc1. The average Bonchev–Trinajstić information content (AvgIpc) is 2.34. The van der Waals surface area contributed by atoms with Crippen LogP contribution in [0.3, 0.4) is 0 Å². The molecule has 5 nitrogen and oxygen atoms in total. The van der Waals surface area contributed by atoms with Gasteiger partial charge in [-0.1, -0.05) is 37.3 Å². The topological polar surface area (TPSA) is 78.4 Å². The van der Waals surface area contributed by atoms with E-state index in [9.17, 15) is 9.59 Å². The standard InChI is InChI=1S/C12H16N2O3/c1-9(10-5-3-2-4-6-10)7-13-12(17)14-8-11(15)16/h2-6,9H,7-8H2,1H3,(H,15,16)(H2,13,14,17). The van der Waals surface area contributed by atoms with Crippen LogP contribution in [-0.4, -0.2) is 30.2 Å². The van der Waals surface area contributed by atoms with Crippen molar-refractivity contribution in [2.45, 2.75) is 12.8 Å². The van der Waals surface area contributed by atoms with Crippen LogP contribution in [0.25, 0.3) is 0 Å². The Kier molecular flexibility index (Phi) is 5.00. The summed E-state index contributed by atoms with van der Waals surface area (Å²) in [5.74, 6) is -0.872. The Balaban J connectivity index is 2.31. The van der Waals surface area contributed by atoms with Gasteiger partial charge in [0, 0.05) is 6.54 Å². The number of rotatable bonds is 5. The smallest absolute Gasteiger partial charge is 0.323 e. The van der Waals surface area contributed by atoms with Crippen LogP contribution < -0.4 is 10.6 Å². The van der Waals surface area contributed by atoms with Gasteiger partial charge in [0.2, 0.25) is 0 Å². The molecule has 0 bridgehead atoms. The predicted octanol–water partition coefficient (Wildman–Crippen LogP) is 1.17. The van der Waals surface area contributed by atoms with Crippen LogP contribution in [0.5, 0.6) is 0 Å². The van der Waals surface area contributed by atoms with Gasteiger partial charge in [-0.15, -0.1) is 0 Å². The summed E-state index contributed by atoms with van der Waals surface area (Å²) >= 11 is 0. The molecule has 0 radical (unpaired) electrons. The lowest BCUT2D eigenvalue weighted by atomic mass is 10.0. The number of benzene rings is 1. The van der Waals surface area contributed by atoms with Crippen LogP contribution in [0, 0.1) is 0 Å². The summed E-state index contributed by atoms with van der Waals surface area (Å²) in [4.78, 5) is 21.4. The lowest BCUT2D eigenvalue weighted by molar-refractivity contribution is -0.135. The van der Waals surface area contributed by atoms with Gasteiger partial charge < -0.3 is 15.7 Å². The molecule has 0 aliphatic carbocycles. The van der Waals surface area contributed by atoms with Gasteiger partial charge in [0.1, 0.15) is 6.54 Å². The fraction of sp³-hybridized carbons (Fsp3) is 0.333. The highest BCUT2D eigenvalue weighted by Gasteiger charge is 2.07. The number of aliphatic carboxylic acids is 1. The summed E-state index contributed by atoms with van der Waals surface area (Å²) in [5.41, 5.74) is 1.13. The van der Waals surface area contributed by atoms with E-state index in [4.69, 9.17) is 5.11 Å². The molecular formula is C12H16N2O3. The third-order valence-corrected chi connectivity index (χ3v) is 2.34. The van der Waals surface area contributed by atoms with E-state index in [1.165, 1.54) is 0 Å². The Labute approximate surface area is 99.8 Å². The molecule has 0 aliphatic rings. The first-order valence-electron chi connectivity index (χ1n) is 5.38. The molecule has 3 N–H and O–H groups in total. The average molecular weight is 236 g/mol. The minimum absolute atomic E-state index is 0.187. The number of carbonyl (C=O) groups excluding carboxylic acids is 1. The maximum atomic E-state index is 11.2. The Morgan fingerprint density at radius 3 is 2.47 bits per heavy atom. The van der Waals surface area contributed by atoms with E-state index >= 15 is 0 Å². The number of carbonyl (C=O) groups is 2. The van der Waals surface area contributed by atoms with E-state index in [2.05, 4.69) is 10.6 Å². The fourth-order valence-corrected chi connectivity index (χ4v) is 1.36. The van der Waals surface area contributed by atoms with Crippen molar-refractivity contribution >= 4 is 12.0 Å². The number of hydrogen-bond acceptors (Lipinski definition) is 2. The summed E-state index contributed by atoms with van der Waals surface area (Å²) in [6, 6.07) is 9.33. The summed E-state index contributed by atoms with van der Waals surface area (Å²) in [5, 5.41) is 13.2. The molecule has 17 heavy (non-hydrogen) atoms. The number of urea groups is 1. The highest BCUT2D eigenvalue weighted by atomic mass is 16.4. The van der Waals surface area contributed by atoms with Crippen molar-refractivity contribution in [1.82, 2.24) is 10.6 Å². The number of nitrogens with one attached hydrogen (secondary N) is 2. The van der Waals surface area contributed by atoms with Gasteiger partial charge in [-0.25, -0.2) is 4.79 Å². The minimum atomic E-state index is -1.06. The van der Waals surface area contributed by atoms with Crippen LogP contribution in [-0.2, 0) is 4.79 Å². The monoisotopic (exact) mass is 236 g/mol. The van der Waals surface area contributed by atoms with Crippen molar-refractivity contribution < 1.29 is 14.7 Å². The first kappa shape index (κ1) is 13.0. The van der Waals surface area contributed by atoms with Gasteiger partial charge in [-0.3, -0.25) is 4.79 Å². The zero-order valence-corrected chi connectivity index (χ0v) is 9.64. The van der Waals surface area contributed by atoms with Gasteiger partial charge in [-0.05, 0) is 11.5 Å². The van der Waals surface area contributed by atoms with Crippen LogP contribution in [0.4, 0.5) is 4.79 Å². The zero-order chi connectivity index (χ0) is 12.7. The molecule has 0 heterocycles. The molecule has 1 rings (SSSR count). The molecule has 2 amide bonds. The minimum Gasteiger partial charge on any atom is -0.480 e. The molecule has 1 aromatic rings. The van der Waals surface area contributed by atoms with Crippen molar-refractivity contribution in [1.29, 1.82) is 0 Å². The zero-order valence-electron chi connectivity index (χ0n) is 9.64. The highest BCUT2D eigenvalue weighted by molar-refractivity contribution is 5.79. The van der Waals surface area contributed by atoms with Gasteiger partial charge in [0.25, 0.3) is 0 Å². The highest BCUT2D eigenvalue weighted by Crippen LogP contribution is 2.12. The number of carboxylic acids is 1. The van der Waals surface area contributed by atoms with E-state index in [-0.39, 0.29) is 12.5 Å². The third-order valence-electron chi connectivity index (χ3n) is 2.34. The summed E-state index contributed by atoms with van der Waals surface area (Å²) in [6.45, 7) is 2.09. The van der Waals surface area contributed by atoms with E-state index < -0.39 is 12.0 Å². The largest absolute Gasteiger partial charge is 0.480 e. The summed E-state index contributed by atoms with van der Waals surface area (Å²) in [6.07, 6.45) is 0. The van der Waals surface area contributed by atoms with Gasteiger partial charge >= 0.3 is 12.0 Å². The van der Waals surface area contributed by atoms with Crippen LogP contribution in [0.15, 0.2) is 30.3 Å². The predicted molar refractivity (Wildman–Crippen MR) is 63.9 cm³/mol. The van der Waals surface area contributed by atoms with Crippen molar-refractivity contribution in [3.63, 3.8) is 0 Å². The Hall–Kier alpha value is -2.04. The van der Waals surface area contributed by atoms with Crippen molar-refractivity contribution in [3.8, 4) is 0 Å². The lowest BCUT2D eigenvalue weighted by Gasteiger charge is -2.13. The molecule has 1 unspecified atom stereocenters. The Morgan fingerprint density at radius 1 is 1.24 bits per heavy atom. The van der Waals surface area contributed by atoms with E-state index in [0.29, 0.717) is 6.54 Å². The van der Waals surface area contributed by atoms with Crippen LogP contribution >= 0.6 is 0 Å². The second-order valence-corrected chi connectivity index (χ2v) is 3.77. The molecule has 1 atom stereocenters. The molecule has 0 aliphatic heterocycles. The summed E-state index contributed by atoms with van der Waals surface area (Å²) < 4.78 is 0. The van der Waals surface area contributed by atoms with Crippen molar-refractivity contribution in [2.24, 2.45) is 0 Å². The molecular weight excluding hydrogens is 220 g/mol. The molecule has 0 fully saturated rings. The quantitative estimate of drug-likeness (QED) is 0.718. The molecule has 5 heteroatoms. The lowest BCUT2D eigenvalue weighted by Crippen LogP contribution is -2.39. The van der Waals surface area contributed by atoms with E-state index in [0.717, 1.165) is 5.56 Å². The second kappa shape index (κ2) is 6.52. The summed E-state index contributed by atoms with van der Waals surface area (Å²) in [7, 11) is 0. The molecule has 1 aromatic carbocycles. The number of amides is 2. The molecule has 0 spiro atoms. The van der Waals surface area contributed by atoms with E-state index in [1.54, 1.807) is 0 Å². The van der Waals surface area contributed by atoms with Crippen LogP contribution in [0.2, 0.25) is 0 Å². The number of hydrogen-bond donors (Lipinski definition) is 3. The van der Waals surface area contributed by atoms with E-state index in [1.807, 2.05) is 37.3 Å². The fourth-order valence-electron chi connectivity index (χ4n) is 1.36. The second-order valence-electron chi connectivity index (χ2n) is 3.77. The third kappa shape index (κ3) is 5.01.